The molecular formula is C21H26O3. The van der Waals surface area contributed by atoms with Crippen molar-refractivity contribution in [3.05, 3.63) is 75.4 Å². The summed E-state index contributed by atoms with van der Waals surface area (Å²) in [5, 5.41) is 18.1. The van der Waals surface area contributed by atoms with Gasteiger partial charge >= 0.3 is 5.97 Å². The second kappa shape index (κ2) is 9.04. The molecule has 24 heavy (non-hydrogen) atoms. The van der Waals surface area contributed by atoms with Crippen molar-refractivity contribution in [1.29, 1.82) is 0 Å². The Morgan fingerprint density at radius 3 is 2.33 bits per heavy atom. The Labute approximate surface area is 144 Å². The summed E-state index contributed by atoms with van der Waals surface area (Å²) in [4.78, 5) is 10.5. The lowest BCUT2D eigenvalue weighted by atomic mass is 9.93. The topological polar surface area (TPSA) is 57.5 Å². The minimum atomic E-state index is -0.940. The van der Waals surface area contributed by atoms with E-state index in [0.717, 1.165) is 27.8 Å². The Balaban J connectivity index is 2.95. The van der Waals surface area contributed by atoms with Crippen molar-refractivity contribution in [2.24, 2.45) is 0 Å². The van der Waals surface area contributed by atoms with E-state index in [4.69, 9.17) is 5.11 Å². The molecule has 128 valence electrons. The van der Waals surface area contributed by atoms with Crippen molar-refractivity contribution in [2.75, 3.05) is 0 Å². The van der Waals surface area contributed by atoms with Crippen molar-refractivity contribution < 1.29 is 15.0 Å². The highest BCUT2D eigenvalue weighted by Gasteiger charge is 2.07. The number of carboxylic acids is 1. The highest BCUT2D eigenvalue weighted by atomic mass is 16.4. The van der Waals surface area contributed by atoms with Crippen LogP contribution in [0.5, 0.6) is 0 Å². The van der Waals surface area contributed by atoms with E-state index >= 15 is 0 Å². The number of aliphatic hydroxyl groups excluding tert-OH is 1. The Kier molecular flexibility index (Phi) is 7.40. The van der Waals surface area contributed by atoms with Gasteiger partial charge in [-0.3, -0.25) is 0 Å². The summed E-state index contributed by atoms with van der Waals surface area (Å²) in [6.45, 7) is 9.92. The van der Waals surface area contributed by atoms with Crippen molar-refractivity contribution in [1.82, 2.24) is 0 Å². The highest BCUT2D eigenvalue weighted by molar-refractivity contribution is 5.81. The molecule has 2 N–H and O–H groups in total. The van der Waals surface area contributed by atoms with Crippen LogP contribution in [0.4, 0.5) is 0 Å². The van der Waals surface area contributed by atoms with Gasteiger partial charge in [0, 0.05) is 6.08 Å². The number of rotatable bonds is 6. The third kappa shape index (κ3) is 5.67. The van der Waals surface area contributed by atoms with Gasteiger partial charge in [-0.05, 0) is 68.0 Å². The van der Waals surface area contributed by atoms with Crippen molar-refractivity contribution in [3.8, 4) is 0 Å². The zero-order chi connectivity index (χ0) is 18.3. The van der Waals surface area contributed by atoms with E-state index in [0.29, 0.717) is 5.57 Å². The zero-order valence-electron chi connectivity index (χ0n) is 15.1. The molecule has 0 aliphatic carbocycles. The average molecular weight is 326 g/mol. The van der Waals surface area contributed by atoms with E-state index < -0.39 is 5.97 Å². The molecule has 3 heteroatoms. The largest absolute Gasteiger partial charge is 0.478 e. The van der Waals surface area contributed by atoms with E-state index in [-0.39, 0.29) is 6.61 Å². The van der Waals surface area contributed by atoms with Gasteiger partial charge < -0.3 is 10.2 Å². The first-order valence-corrected chi connectivity index (χ1v) is 7.91. The summed E-state index contributed by atoms with van der Waals surface area (Å²) < 4.78 is 0. The fourth-order valence-corrected chi connectivity index (χ4v) is 2.45. The SMILES string of the molecule is CC(/C=C/c1cc(C)c(CO)c(C)c1C)=C\C=C\C(C)=C\C(=O)O. The minimum absolute atomic E-state index is 0.0649. The standard InChI is InChI=1S/C21H26O3/c1-14(7-6-8-15(2)11-21(23)24)9-10-19-12-16(3)20(13-22)18(5)17(19)4/h6-12,22H,13H2,1-5H3,(H,23,24)/b8-6+,10-9+,14-7+,15-11+. The first-order valence-electron chi connectivity index (χ1n) is 7.91. The summed E-state index contributed by atoms with van der Waals surface area (Å²) in [7, 11) is 0. The van der Waals surface area contributed by atoms with Crippen LogP contribution in [-0.4, -0.2) is 16.2 Å². The number of aliphatic hydroxyl groups is 1. The highest BCUT2D eigenvalue weighted by Crippen LogP contribution is 2.23. The van der Waals surface area contributed by atoms with Crippen LogP contribution in [0.2, 0.25) is 0 Å². The zero-order valence-corrected chi connectivity index (χ0v) is 15.1. The lowest BCUT2D eigenvalue weighted by Gasteiger charge is -2.13. The molecule has 1 aromatic rings. The van der Waals surface area contributed by atoms with Gasteiger partial charge in [-0.15, -0.1) is 0 Å². The molecule has 0 unspecified atom stereocenters. The molecule has 0 spiro atoms. The maximum Gasteiger partial charge on any atom is 0.328 e. The third-order valence-electron chi connectivity index (χ3n) is 4.05. The summed E-state index contributed by atoms with van der Waals surface area (Å²) >= 11 is 0. The minimum Gasteiger partial charge on any atom is -0.478 e. The average Bonchev–Trinajstić information content (AvgIpc) is 2.49. The quantitative estimate of drug-likeness (QED) is 0.591. The molecule has 3 nitrogen and oxygen atoms in total. The monoisotopic (exact) mass is 326 g/mol. The van der Waals surface area contributed by atoms with Crippen molar-refractivity contribution in [2.45, 2.75) is 41.2 Å². The smallest absolute Gasteiger partial charge is 0.328 e. The molecule has 0 saturated heterocycles. The van der Waals surface area contributed by atoms with Gasteiger partial charge in [-0.1, -0.05) is 42.0 Å². The van der Waals surface area contributed by atoms with Gasteiger partial charge in [0.15, 0.2) is 0 Å². The Morgan fingerprint density at radius 2 is 1.75 bits per heavy atom. The van der Waals surface area contributed by atoms with Crippen LogP contribution in [0.25, 0.3) is 6.08 Å². The van der Waals surface area contributed by atoms with Crippen molar-refractivity contribution in [3.63, 3.8) is 0 Å². The van der Waals surface area contributed by atoms with E-state index in [2.05, 4.69) is 19.1 Å². The van der Waals surface area contributed by atoms with Gasteiger partial charge in [-0.25, -0.2) is 4.79 Å². The molecule has 0 bridgehead atoms. The molecule has 0 aliphatic heterocycles. The molecule has 0 amide bonds. The summed E-state index contributed by atoms with van der Waals surface area (Å²) in [5.74, 6) is -0.940. The fourth-order valence-electron chi connectivity index (χ4n) is 2.45. The van der Waals surface area contributed by atoms with Gasteiger partial charge in [0.2, 0.25) is 0 Å². The molecule has 0 aromatic heterocycles. The molecule has 0 fully saturated rings. The summed E-state index contributed by atoms with van der Waals surface area (Å²) in [5.41, 5.74) is 7.29. The number of aliphatic carboxylic acids is 1. The van der Waals surface area contributed by atoms with E-state index in [1.807, 2.05) is 39.0 Å². The van der Waals surface area contributed by atoms with Gasteiger partial charge in [0.05, 0.1) is 6.61 Å². The van der Waals surface area contributed by atoms with Crippen LogP contribution in [-0.2, 0) is 11.4 Å². The van der Waals surface area contributed by atoms with Crippen LogP contribution in [0.15, 0.2) is 47.6 Å². The van der Waals surface area contributed by atoms with Crippen LogP contribution in [0.3, 0.4) is 0 Å². The maximum atomic E-state index is 10.5. The predicted octanol–water partition coefficient (Wildman–Crippen LogP) is 4.65. The van der Waals surface area contributed by atoms with Crippen LogP contribution in [0, 0.1) is 20.8 Å². The number of allylic oxidation sites excluding steroid dienone is 6. The first-order chi connectivity index (χ1) is 11.3. The lowest BCUT2D eigenvalue weighted by molar-refractivity contribution is -0.131. The normalized spacial score (nSPS) is 13.2. The van der Waals surface area contributed by atoms with E-state index in [1.165, 1.54) is 11.6 Å². The van der Waals surface area contributed by atoms with Crippen LogP contribution >= 0.6 is 0 Å². The third-order valence-corrected chi connectivity index (χ3v) is 4.05. The number of hydrogen-bond acceptors (Lipinski definition) is 2. The molecule has 0 heterocycles. The molecule has 1 aromatic carbocycles. The second-order valence-corrected chi connectivity index (χ2v) is 6.00. The number of benzene rings is 1. The molecule has 0 atom stereocenters. The van der Waals surface area contributed by atoms with Gasteiger partial charge in [0.25, 0.3) is 0 Å². The molecule has 1 rings (SSSR count). The summed E-state index contributed by atoms with van der Waals surface area (Å²) in [6.07, 6.45) is 10.8. The number of hydrogen-bond donors (Lipinski definition) is 2. The van der Waals surface area contributed by atoms with Crippen LogP contribution in [0.1, 0.15) is 41.7 Å². The summed E-state index contributed by atoms with van der Waals surface area (Å²) in [6, 6.07) is 2.09. The molecular weight excluding hydrogens is 300 g/mol. The molecule has 0 aliphatic rings. The molecule has 0 saturated carbocycles. The van der Waals surface area contributed by atoms with Gasteiger partial charge in [0.1, 0.15) is 0 Å². The maximum absolute atomic E-state index is 10.5. The van der Waals surface area contributed by atoms with Crippen molar-refractivity contribution >= 4 is 12.0 Å². The second-order valence-electron chi connectivity index (χ2n) is 6.00. The predicted molar refractivity (Wildman–Crippen MR) is 99.9 cm³/mol. The number of aryl methyl sites for hydroxylation is 1. The molecule has 0 radical (unpaired) electrons. The Morgan fingerprint density at radius 1 is 1.08 bits per heavy atom. The van der Waals surface area contributed by atoms with Crippen LogP contribution < -0.4 is 0 Å². The van der Waals surface area contributed by atoms with E-state index in [9.17, 15) is 9.90 Å². The Hall–Kier alpha value is -2.39. The van der Waals surface area contributed by atoms with Gasteiger partial charge in [-0.2, -0.15) is 0 Å². The Bertz CT molecular complexity index is 732. The van der Waals surface area contributed by atoms with E-state index in [1.54, 1.807) is 13.0 Å². The number of carboxylic acid groups (broad SMARTS) is 1. The fraction of sp³-hybridized carbons (Fsp3) is 0.286. The first kappa shape index (κ1) is 19.7. The number of carbonyl (C=O) groups is 1. The lowest BCUT2D eigenvalue weighted by Crippen LogP contribution is -1.98.